The molecule has 1 rings (SSSR count). The Labute approximate surface area is 110 Å². The molecule has 0 aromatic heterocycles. The Kier molecular flexibility index (Phi) is 5.75. The lowest BCUT2D eigenvalue weighted by Gasteiger charge is -2.23. The predicted molar refractivity (Wildman–Crippen MR) is 63.2 cm³/mol. The third-order valence-corrected chi connectivity index (χ3v) is 2.56. The summed E-state index contributed by atoms with van der Waals surface area (Å²) in [5.41, 5.74) is -0.176. The van der Waals surface area contributed by atoms with Gasteiger partial charge < -0.3 is 19.6 Å². The number of carboxylic acid groups (broad SMARTS) is 1. The number of amides is 1. The molecule has 8 heteroatoms. The minimum absolute atomic E-state index is 0.0653. The van der Waals surface area contributed by atoms with Gasteiger partial charge in [0.25, 0.3) is 5.91 Å². The summed E-state index contributed by atoms with van der Waals surface area (Å²) in [5.74, 6) is -1.58. The van der Waals surface area contributed by atoms with Crippen LogP contribution in [0.4, 0.5) is 0 Å². The van der Waals surface area contributed by atoms with E-state index >= 15 is 0 Å². The summed E-state index contributed by atoms with van der Waals surface area (Å²) in [6, 6.07) is 1.95. The normalized spacial score (nSPS) is 17.3. The Morgan fingerprint density at radius 1 is 1.63 bits per heavy atom. The summed E-state index contributed by atoms with van der Waals surface area (Å²) in [5, 5.41) is 20.6. The van der Waals surface area contributed by atoms with Crippen LogP contribution in [0.2, 0.25) is 0 Å². The first-order valence-corrected chi connectivity index (χ1v) is 5.70. The molecule has 0 saturated heterocycles. The molecule has 1 unspecified atom stereocenters. The zero-order valence-corrected chi connectivity index (χ0v) is 10.5. The van der Waals surface area contributed by atoms with Crippen LogP contribution >= 0.6 is 0 Å². The third-order valence-electron chi connectivity index (χ3n) is 2.56. The smallest absolute Gasteiger partial charge is 0.353 e. The van der Waals surface area contributed by atoms with Crippen LogP contribution < -0.4 is 0 Å². The fourth-order valence-corrected chi connectivity index (χ4v) is 1.56. The van der Waals surface area contributed by atoms with E-state index in [0.29, 0.717) is 13.2 Å². The van der Waals surface area contributed by atoms with Gasteiger partial charge in [-0.25, -0.2) is 4.79 Å². The van der Waals surface area contributed by atoms with Gasteiger partial charge in [-0.05, 0) is 0 Å². The van der Waals surface area contributed by atoms with E-state index in [9.17, 15) is 9.59 Å². The maximum Gasteiger partial charge on any atom is 0.353 e. The molecule has 0 aromatic rings. The fourth-order valence-electron chi connectivity index (χ4n) is 1.56. The highest BCUT2D eigenvalue weighted by Crippen LogP contribution is 2.14. The van der Waals surface area contributed by atoms with Crippen molar-refractivity contribution < 1.29 is 24.3 Å². The molecule has 1 N–H and O–H groups in total. The van der Waals surface area contributed by atoms with Crippen LogP contribution in [0.3, 0.4) is 0 Å². The molecule has 0 bridgehead atoms. The molecular weight excluding hydrogens is 254 g/mol. The minimum atomic E-state index is -1.20. The number of carbonyl (C=O) groups excluding carboxylic acids is 1. The average Bonchev–Trinajstić information content (AvgIpc) is 2.88. The van der Waals surface area contributed by atoms with E-state index in [-0.39, 0.29) is 31.0 Å². The minimum Gasteiger partial charge on any atom is -0.477 e. The van der Waals surface area contributed by atoms with Crippen molar-refractivity contribution in [3.05, 3.63) is 0 Å². The Hall–Kier alpha value is -2.14. The molecular formula is C11H15N3O5. The molecule has 19 heavy (non-hydrogen) atoms. The molecule has 0 radical (unpaired) electrons. The van der Waals surface area contributed by atoms with Gasteiger partial charge in [-0.15, -0.1) is 0 Å². The maximum absolute atomic E-state index is 12.1. The highest BCUT2D eigenvalue weighted by atomic mass is 16.6. The van der Waals surface area contributed by atoms with Gasteiger partial charge in [-0.1, -0.05) is 5.16 Å². The van der Waals surface area contributed by atoms with Gasteiger partial charge >= 0.3 is 5.97 Å². The van der Waals surface area contributed by atoms with E-state index < -0.39 is 12.1 Å². The number of ether oxygens (including phenoxy) is 1. The number of carbonyl (C=O) groups is 2. The van der Waals surface area contributed by atoms with Crippen LogP contribution in [0.25, 0.3) is 0 Å². The first-order chi connectivity index (χ1) is 9.10. The van der Waals surface area contributed by atoms with Crippen LogP contribution in [0, 0.1) is 11.3 Å². The quantitative estimate of drug-likeness (QED) is 0.673. The molecule has 8 nitrogen and oxygen atoms in total. The summed E-state index contributed by atoms with van der Waals surface area (Å²) >= 11 is 0. The Balaban J connectivity index is 2.57. The number of aliphatic carboxylic acids is 1. The highest BCUT2D eigenvalue weighted by molar-refractivity contribution is 6.36. The van der Waals surface area contributed by atoms with Gasteiger partial charge in [0, 0.05) is 26.6 Å². The maximum atomic E-state index is 12.1. The van der Waals surface area contributed by atoms with E-state index in [1.807, 2.05) is 6.07 Å². The molecule has 0 saturated carbocycles. The third kappa shape index (κ3) is 4.22. The number of oxime groups is 1. The highest BCUT2D eigenvalue weighted by Gasteiger charge is 2.34. The molecule has 1 aliphatic heterocycles. The Bertz CT molecular complexity index is 415. The topological polar surface area (TPSA) is 112 Å². The number of nitriles is 1. The SMILES string of the molecule is COCCN(CCC#N)C(=O)C1CC(C(=O)O)=NO1. The second-order valence-corrected chi connectivity index (χ2v) is 3.87. The first kappa shape index (κ1) is 14.9. The van der Waals surface area contributed by atoms with Gasteiger partial charge in [0.05, 0.1) is 19.1 Å². The summed E-state index contributed by atoms with van der Waals surface area (Å²) in [6.07, 6.45) is -0.805. The molecule has 0 aliphatic carbocycles. The van der Waals surface area contributed by atoms with Crippen LogP contribution in [0.15, 0.2) is 5.16 Å². The van der Waals surface area contributed by atoms with Crippen molar-refractivity contribution in [3.8, 4) is 6.07 Å². The largest absolute Gasteiger partial charge is 0.477 e. The fraction of sp³-hybridized carbons (Fsp3) is 0.636. The first-order valence-electron chi connectivity index (χ1n) is 5.70. The van der Waals surface area contributed by atoms with Crippen molar-refractivity contribution in [2.45, 2.75) is 18.9 Å². The molecule has 0 fully saturated rings. The molecule has 1 amide bonds. The standard InChI is InChI=1S/C11H15N3O5/c1-18-6-5-14(4-2-3-12)10(15)9-7-8(11(16)17)13-19-9/h9H,2,4-7H2,1H3,(H,16,17). The van der Waals surface area contributed by atoms with Crippen LogP contribution in [-0.4, -0.2) is 60.5 Å². The van der Waals surface area contributed by atoms with Crippen LogP contribution in [0.1, 0.15) is 12.8 Å². The van der Waals surface area contributed by atoms with Crippen molar-refractivity contribution in [1.82, 2.24) is 4.90 Å². The van der Waals surface area contributed by atoms with Gasteiger partial charge in [0.1, 0.15) is 0 Å². The van der Waals surface area contributed by atoms with E-state index in [2.05, 4.69) is 5.16 Å². The molecule has 104 valence electrons. The summed E-state index contributed by atoms with van der Waals surface area (Å²) in [6.45, 7) is 0.900. The van der Waals surface area contributed by atoms with Gasteiger partial charge in [0.2, 0.25) is 6.10 Å². The number of rotatable bonds is 7. The van der Waals surface area contributed by atoms with Gasteiger partial charge in [-0.3, -0.25) is 4.79 Å². The second kappa shape index (κ2) is 7.33. The Morgan fingerprint density at radius 3 is 2.89 bits per heavy atom. The van der Waals surface area contributed by atoms with Crippen molar-refractivity contribution in [1.29, 1.82) is 5.26 Å². The van der Waals surface area contributed by atoms with Crippen LogP contribution in [0.5, 0.6) is 0 Å². The van der Waals surface area contributed by atoms with Crippen molar-refractivity contribution >= 4 is 17.6 Å². The average molecular weight is 269 g/mol. The number of methoxy groups -OCH3 is 1. The van der Waals surface area contributed by atoms with Gasteiger partial charge in [0.15, 0.2) is 5.71 Å². The lowest BCUT2D eigenvalue weighted by molar-refractivity contribution is -0.142. The summed E-state index contributed by atoms with van der Waals surface area (Å²) in [7, 11) is 1.50. The number of hydrogen-bond acceptors (Lipinski definition) is 6. The zero-order valence-electron chi connectivity index (χ0n) is 10.5. The number of nitrogens with zero attached hydrogens (tertiary/aromatic N) is 3. The molecule has 1 atom stereocenters. The zero-order chi connectivity index (χ0) is 14.3. The predicted octanol–water partition coefficient (Wildman–Crippen LogP) is -0.395. The van der Waals surface area contributed by atoms with Crippen molar-refractivity contribution in [3.63, 3.8) is 0 Å². The molecule has 0 spiro atoms. The molecule has 1 aliphatic rings. The second-order valence-electron chi connectivity index (χ2n) is 3.87. The summed E-state index contributed by atoms with van der Waals surface area (Å²) < 4.78 is 4.88. The lowest BCUT2D eigenvalue weighted by Crippen LogP contribution is -2.41. The van der Waals surface area contributed by atoms with E-state index in [1.54, 1.807) is 0 Å². The molecule has 1 heterocycles. The monoisotopic (exact) mass is 269 g/mol. The summed E-state index contributed by atoms with van der Waals surface area (Å²) in [4.78, 5) is 29.0. The number of carboxylic acids is 1. The number of hydrogen-bond donors (Lipinski definition) is 1. The van der Waals surface area contributed by atoms with Crippen molar-refractivity contribution in [2.24, 2.45) is 5.16 Å². The Morgan fingerprint density at radius 2 is 2.37 bits per heavy atom. The van der Waals surface area contributed by atoms with E-state index in [0.717, 1.165) is 0 Å². The van der Waals surface area contributed by atoms with Gasteiger partial charge in [-0.2, -0.15) is 5.26 Å². The molecule has 0 aromatic carbocycles. The van der Waals surface area contributed by atoms with E-state index in [1.165, 1.54) is 12.0 Å². The van der Waals surface area contributed by atoms with E-state index in [4.69, 9.17) is 19.9 Å². The lowest BCUT2D eigenvalue weighted by atomic mass is 10.1. The van der Waals surface area contributed by atoms with Crippen LogP contribution in [-0.2, 0) is 19.2 Å². The van der Waals surface area contributed by atoms with Crippen molar-refractivity contribution in [2.75, 3.05) is 26.8 Å².